The molecule has 9 nitrogen and oxygen atoms in total. The second-order valence-corrected chi connectivity index (χ2v) is 11.2. The molecule has 0 amide bonds. The van der Waals surface area contributed by atoms with E-state index in [1.54, 1.807) is 0 Å². The van der Waals surface area contributed by atoms with E-state index in [2.05, 4.69) is 50.0 Å². The van der Waals surface area contributed by atoms with Crippen molar-refractivity contribution < 1.29 is 14.9 Å². The van der Waals surface area contributed by atoms with Crippen LogP contribution in [0.25, 0.3) is 21.9 Å². The molecule has 5 N–H and O–H groups in total. The van der Waals surface area contributed by atoms with Crippen molar-refractivity contribution in [2.75, 3.05) is 17.7 Å². The van der Waals surface area contributed by atoms with Gasteiger partial charge in [0.25, 0.3) is 0 Å². The number of pyridine rings is 1. The van der Waals surface area contributed by atoms with Gasteiger partial charge in [0.15, 0.2) is 0 Å². The van der Waals surface area contributed by atoms with Crippen LogP contribution < -0.4 is 11.1 Å². The van der Waals surface area contributed by atoms with Gasteiger partial charge in [-0.25, -0.2) is 15.0 Å². The third-order valence-electron chi connectivity index (χ3n) is 7.61. The lowest BCUT2D eigenvalue weighted by Crippen LogP contribution is -2.37. The molecule has 0 bridgehead atoms. The van der Waals surface area contributed by atoms with Crippen molar-refractivity contribution in [1.82, 2.24) is 19.5 Å². The van der Waals surface area contributed by atoms with Gasteiger partial charge in [-0.3, -0.25) is 0 Å². The number of hydrogen-bond donors (Lipinski definition) is 4. The molecule has 2 aliphatic rings. The van der Waals surface area contributed by atoms with Crippen LogP contribution in [-0.4, -0.2) is 54.6 Å². The Morgan fingerprint density at radius 3 is 2.83 bits per heavy atom. The molecule has 5 unspecified atom stereocenters. The predicted octanol–water partition coefficient (Wildman–Crippen LogP) is 3.96. The van der Waals surface area contributed by atoms with Crippen molar-refractivity contribution >= 4 is 49.5 Å². The Morgan fingerprint density at radius 2 is 2.03 bits per heavy atom. The lowest BCUT2D eigenvalue weighted by molar-refractivity contribution is -0.0309. The summed E-state index contributed by atoms with van der Waals surface area (Å²) in [6, 6.07) is 9.86. The highest BCUT2D eigenvalue weighted by Gasteiger charge is 2.57. The first-order valence-electron chi connectivity index (χ1n) is 12.2. The highest BCUT2D eigenvalue weighted by molar-refractivity contribution is 9.10. The van der Waals surface area contributed by atoms with E-state index >= 15 is 0 Å². The maximum Gasteiger partial charge on any atom is 0.145 e. The zero-order valence-corrected chi connectivity index (χ0v) is 21.7. The van der Waals surface area contributed by atoms with Crippen LogP contribution in [0.4, 0.5) is 11.6 Å². The Labute approximate surface area is 216 Å². The Hall–Kier alpha value is -2.79. The Bertz CT molecular complexity index is 1460. The van der Waals surface area contributed by atoms with E-state index in [9.17, 15) is 10.2 Å². The summed E-state index contributed by atoms with van der Waals surface area (Å²) >= 11 is 3.43. The summed E-state index contributed by atoms with van der Waals surface area (Å²) in [5.74, 6) is 1.20. The SMILES string of the molecule is CC(C)Nc1ncnc2c1ccn2C1CC2(COC(c3ccc4cc(Br)c(N)nc4c3)C2)C(O)C1O. The molecule has 1 spiro atoms. The molecule has 10 heteroatoms. The van der Waals surface area contributed by atoms with Crippen molar-refractivity contribution in [2.24, 2.45) is 5.41 Å². The summed E-state index contributed by atoms with van der Waals surface area (Å²) in [7, 11) is 0. The number of nitrogen functional groups attached to an aromatic ring is 1. The van der Waals surface area contributed by atoms with Crippen LogP contribution in [-0.2, 0) is 4.74 Å². The molecule has 5 atom stereocenters. The molecule has 1 aliphatic heterocycles. The third-order valence-corrected chi connectivity index (χ3v) is 8.25. The Morgan fingerprint density at radius 1 is 1.19 bits per heavy atom. The first-order valence-corrected chi connectivity index (χ1v) is 13.0. The number of hydrogen-bond acceptors (Lipinski definition) is 8. The van der Waals surface area contributed by atoms with Crippen LogP contribution in [0, 0.1) is 5.41 Å². The zero-order chi connectivity index (χ0) is 25.2. The maximum atomic E-state index is 11.2. The fraction of sp³-hybridized carbons (Fsp3) is 0.423. The molecule has 0 radical (unpaired) electrons. The number of ether oxygens (including phenoxy) is 1. The van der Waals surface area contributed by atoms with Gasteiger partial charge in [-0.1, -0.05) is 12.1 Å². The summed E-state index contributed by atoms with van der Waals surface area (Å²) in [6.45, 7) is 4.48. The van der Waals surface area contributed by atoms with E-state index in [1.165, 1.54) is 6.33 Å². The van der Waals surface area contributed by atoms with Crippen molar-refractivity contribution in [3.05, 3.63) is 52.9 Å². The first-order chi connectivity index (χ1) is 17.3. The topological polar surface area (TPSA) is 131 Å². The number of aromatic nitrogens is 4. The number of fused-ring (bicyclic) bond motifs is 2. The van der Waals surface area contributed by atoms with Gasteiger partial charge in [0, 0.05) is 23.0 Å². The molecule has 1 saturated carbocycles. The Kier molecular flexibility index (Phi) is 5.67. The summed E-state index contributed by atoms with van der Waals surface area (Å²) in [4.78, 5) is 13.4. The molecular weight excluding hydrogens is 524 g/mol. The molecule has 2 fully saturated rings. The quantitative estimate of drug-likeness (QED) is 0.299. The molecule has 1 aliphatic carbocycles. The molecule has 1 saturated heterocycles. The largest absolute Gasteiger partial charge is 0.390 e. The van der Waals surface area contributed by atoms with E-state index in [1.807, 2.05) is 41.1 Å². The minimum absolute atomic E-state index is 0.202. The van der Waals surface area contributed by atoms with Crippen LogP contribution >= 0.6 is 15.9 Å². The van der Waals surface area contributed by atoms with Gasteiger partial charge in [0.05, 0.1) is 40.2 Å². The summed E-state index contributed by atoms with van der Waals surface area (Å²) in [5.41, 5.74) is 7.95. The van der Waals surface area contributed by atoms with Gasteiger partial charge >= 0.3 is 0 Å². The minimum Gasteiger partial charge on any atom is -0.390 e. The third kappa shape index (κ3) is 3.75. The van der Waals surface area contributed by atoms with E-state index in [-0.39, 0.29) is 18.2 Å². The first kappa shape index (κ1) is 23.6. The van der Waals surface area contributed by atoms with E-state index in [0.29, 0.717) is 25.3 Å². The normalized spacial score (nSPS) is 28.2. The fourth-order valence-electron chi connectivity index (χ4n) is 5.81. The zero-order valence-electron chi connectivity index (χ0n) is 20.1. The number of aliphatic hydroxyl groups excluding tert-OH is 2. The molecule has 36 heavy (non-hydrogen) atoms. The lowest BCUT2D eigenvalue weighted by Gasteiger charge is -2.26. The Balaban J connectivity index is 1.28. The monoisotopic (exact) mass is 552 g/mol. The van der Waals surface area contributed by atoms with E-state index in [0.717, 1.165) is 37.8 Å². The van der Waals surface area contributed by atoms with Crippen molar-refractivity contribution in [2.45, 2.75) is 57.1 Å². The van der Waals surface area contributed by atoms with Crippen molar-refractivity contribution in [3.8, 4) is 0 Å². The van der Waals surface area contributed by atoms with Crippen molar-refractivity contribution in [3.63, 3.8) is 0 Å². The average molecular weight is 553 g/mol. The lowest BCUT2D eigenvalue weighted by atomic mass is 9.80. The molecule has 6 rings (SSSR count). The standard InChI is InChI=1S/C26H29BrN6O3/c1-13(2)31-24-16-5-6-33(25(16)30-12-29-24)19-9-26(22(35)21(19)34)10-20(36-11-26)15-4-3-14-7-17(27)23(28)32-18(14)8-15/h3-8,12-13,19-22,34-35H,9-11H2,1-2H3,(H2,28,32)(H,29,30,31). The van der Waals surface area contributed by atoms with Crippen LogP contribution in [0.3, 0.4) is 0 Å². The summed E-state index contributed by atoms with van der Waals surface area (Å²) < 4.78 is 8.97. The highest BCUT2D eigenvalue weighted by atomic mass is 79.9. The molecule has 4 aromatic rings. The summed E-state index contributed by atoms with van der Waals surface area (Å²) in [6.07, 6.45) is 2.60. The molecule has 1 aromatic carbocycles. The molecule has 3 aromatic heterocycles. The van der Waals surface area contributed by atoms with Gasteiger partial charge in [-0.05, 0) is 66.4 Å². The fourth-order valence-corrected chi connectivity index (χ4v) is 6.15. The minimum atomic E-state index is -0.935. The molecule has 188 valence electrons. The molecule has 4 heterocycles. The smallest absolute Gasteiger partial charge is 0.145 e. The van der Waals surface area contributed by atoms with Crippen LogP contribution in [0.2, 0.25) is 0 Å². The van der Waals surface area contributed by atoms with Crippen LogP contribution in [0.15, 0.2) is 47.3 Å². The van der Waals surface area contributed by atoms with Gasteiger partial charge in [-0.15, -0.1) is 0 Å². The number of nitrogens with two attached hydrogens (primary N) is 1. The van der Waals surface area contributed by atoms with Gasteiger partial charge in [-0.2, -0.15) is 0 Å². The van der Waals surface area contributed by atoms with E-state index < -0.39 is 17.6 Å². The number of rotatable bonds is 4. The van der Waals surface area contributed by atoms with Crippen LogP contribution in [0.5, 0.6) is 0 Å². The average Bonchev–Trinajstić information content (AvgIpc) is 3.53. The van der Waals surface area contributed by atoms with Crippen LogP contribution in [0.1, 0.15) is 44.4 Å². The number of halogens is 1. The number of nitrogens with one attached hydrogen (secondary N) is 1. The number of anilines is 2. The second kappa shape index (κ2) is 8.65. The number of aliphatic hydroxyl groups is 2. The second-order valence-electron chi connectivity index (χ2n) is 10.4. The highest BCUT2D eigenvalue weighted by Crippen LogP contribution is 2.55. The van der Waals surface area contributed by atoms with Gasteiger partial charge < -0.3 is 30.6 Å². The predicted molar refractivity (Wildman–Crippen MR) is 142 cm³/mol. The maximum absolute atomic E-state index is 11.2. The van der Waals surface area contributed by atoms with E-state index in [4.69, 9.17) is 10.5 Å². The number of nitrogens with zero attached hydrogens (tertiary/aromatic N) is 4. The number of benzene rings is 1. The van der Waals surface area contributed by atoms with Gasteiger partial charge in [0.2, 0.25) is 0 Å². The van der Waals surface area contributed by atoms with Gasteiger partial charge in [0.1, 0.15) is 29.7 Å². The van der Waals surface area contributed by atoms with Crippen molar-refractivity contribution in [1.29, 1.82) is 0 Å². The summed E-state index contributed by atoms with van der Waals surface area (Å²) in [5, 5.41) is 27.6. The molecular formula is C26H29BrN6O3.